The smallest absolute Gasteiger partial charge is 0.0305 e. The van der Waals surface area contributed by atoms with Crippen LogP contribution in [0.25, 0.3) is 0 Å². The fourth-order valence-electron chi connectivity index (χ4n) is 3.92. The largest absolute Gasteiger partial charge is 0.0620 e. The summed E-state index contributed by atoms with van der Waals surface area (Å²) >= 11 is 0. The van der Waals surface area contributed by atoms with Crippen LogP contribution in [0.2, 0.25) is 0 Å². The zero-order valence-electron chi connectivity index (χ0n) is 24.5. The molecule has 0 saturated carbocycles. The molecule has 4 rings (SSSR count). The van der Waals surface area contributed by atoms with Crippen molar-refractivity contribution in [3.8, 4) is 0 Å². The lowest BCUT2D eigenvalue weighted by molar-refractivity contribution is 1.11. The number of aryl methyl sites for hydroxylation is 10. The van der Waals surface area contributed by atoms with Crippen LogP contribution in [-0.4, -0.2) is 0 Å². The lowest BCUT2D eigenvalue weighted by atomic mass is 10.1. The van der Waals surface area contributed by atoms with E-state index in [1.54, 1.807) is 0 Å². The maximum Gasteiger partial charge on any atom is -0.0305 e. The SMILES string of the molecule is CCc1ccc(C)cc1.CCc1ccccc1C.Cc1cc(C)cc(C)c1.Cc1ccc(C)c(C)c1. The van der Waals surface area contributed by atoms with Crippen LogP contribution in [0.5, 0.6) is 0 Å². The molecular weight excluding hydrogens is 432 g/mol. The zero-order valence-corrected chi connectivity index (χ0v) is 24.5. The van der Waals surface area contributed by atoms with Crippen LogP contribution in [0.15, 0.2) is 84.9 Å². The Morgan fingerprint density at radius 1 is 0.389 bits per heavy atom. The first kappa shape index (κ1) is 30.9. The second kappa shape index (κ2) is 16.5. The first-order valence-corrected chi connectivity index (χ1v) is 13.2. The normalized spacial score (nSPS) is 9.61. The van der Waals surface area contributed by atoms with Crippen LogP contribution in [0, 0.1) is 55.4 Å². The minimum absolute atomic E-state index is 1.14. The van der Waals surface area contributed by atoms with Crippen LogP contribution >= 0.6 is 0 Å². The van der Waals surface area contributed by atoms with Crippen molar-refractivity contribution in [2.75, 3.05) is 0 Å². The van der Waals surface area contributed by atoms with E-state index in [9.17, 15) is 0 Å². The number of rotatable bonds is 2. The van der Waals surface area contributed by atoms with E-state index in [-0.39, 0.29) is 0 Å². The molecule has 0 aliphatic heterocycles. The molecule has 0 aliphatic carbocycles. The van der Waals surface area contributed by atoms with Gasteiger partial charge in [-0.3, -0.25) is 0 Å². The van der Waals surface area contributed by atoms with Crippen molar-refractivity contribution in [3.63, 3.8) is 0 Å². The standard InChI is InChI=1S/4C9H12/c1-7-4-8(2)6-9(3)5-7;1-7-4-5-8(2)9(3)6-7;1-3-9-6-4-8(2)5-7-9;1-3-9-7-5-4-6-8(9)2/h2*4-6H,1-3H3;2*4-7H,3H2,1-2H3. The van der Waals surface area contributed by atoms with Gasteiger partial charge in [0.2, 0.25) is 0 Å². The van der Waals surface area contributed by atoms with Crippen LogP contribution in [0.3, 0.4) is 0 Å². The summed E-state index contributed by atoms with van der Waals surface area (Å²) in [6.45, 7) is 21.4. The molecule has 0 heteroatoms. The summed E-state index contributed by atoms with van der Waals surface area (Å²) in [5.74, 6) is 0. The van der Waals surface area contributed by atoms with E-state index >= 15 is 0 Å². The molecule has 4 aromatic carbocycles. The number of hydrogen-bond donors (Lipinski definition) is 0. The van der Waals surface area contributed by atoms with E-state index in [1.165, 1.54) is 55.6 Å². The molecule has 0 nitrogen and oxygen atoms in total. The zero-order chi connectivity index (χ0) is 27.1. The van der Waals surface area contributed by atoms with Crippen molar-refractivity contribution in [1.82, 2.24) is 0 Å². The summed E-state index contributed by atoms with van der Waals surface area (Å²) in [5.41, 5.74) is 13.8. The monoisotopic (exact) mass is 480 g/mol. The van der Waals surface area contributed by atoms with Gasteiger partial charge >= 0.3 is 0 Å². The average molecular weight is 481 g/mol. The lowest BCUT2D eigenvalue weighted by Crippen LogP contribution is -1.82. The van der Waals surface area contributed by atoms with Gasteiger partial charge in [-0.15, -0.1) is 0 Å². The van der Waals surface area contributed by atoms with Crippen LogP contribution in [0.4, 0.5) is 0 Å². The van der Waals surface area contributed by atoms with Crippen molar-refractivity contribution in [3.05, 3.63) is 141 Å². The fourth-order valence-corrected chi connectivity index (χ4v) is 3.92. The Balaban J connectivity index is 0.000000240. The van der Waals surface area contributed by atoms with E-state index < -0.39 is 0 Å². The Morgan fingerprint density at radius 2 is 0.889 bits per heavy atom. The highest BCUT2D eigenvalue weighted by molar-refractivity contribution is 5.29. The van der Waals surface area contributed by atoms with Gasteiger partial charge in [0, 0.05) is 0 Å². The molecule has 0 unspecified atom stereocenters. The maximum absolute atomic E-state index is 2.20. The number of hydrogen-bond acceptors (Lipinski definition) is 0. The summed E-state index contributed by atoms with van der Waals surface area (Å²) in [5, 5.41) is 0. The molecule has 0 heterocycles. The highest BCUT2D eigenvalue weighted by Gasteiger charge is 1.90. The molecular formula is C36H48. The highest BCUT2D eigenvalue weighted by Crippen LogP contribution is 2.08. The Bertz CT molecular complexity index is 1110. The number of benzene rings is 4. The summed E-state index contributed by atoms with van der Waals surface area (Å²) in [6.07, 6.45) is 2.28. The molecule has 36 heavy (non-hydrogen) atoms. The third kappa shape index (κ3) is 12.5. The van der Waals surface area contributed by atoms with Crippen LogP contribution in [-0.2, 0) is 12.8 Å². The molecule has 0 amide bonds. The third-order valence-corrected chi connectivity index (χ3v) is 6.20. The predicted octanol–water partition coefficient (Wildman–Crippen LogP) is 10.3. The lowest BCUT2D eigenvalue weighted by Gasteiger charge is -1.98. The summed E-state index contributed by atoms with van der Waals surface area (Å²) in [7, 11) is 0. The molecule has 0 aliphatic rings. The first-order valence-electron chi connectivity index (χ1n) is 13.2. The van der Waals surface area contributed by atoms with Gasteiger partial charge in [-0.25, -0.2) is 0 Å². The second-order valence-corrected chi connectivity index (χ2v) is 9.87. The molecule has 0 bridgehead atoms. The minimum atomic E-state index is 1.14. The summed E-state index contributed by atoms with van der Waals surface area (Å²) in [6, 6.07) is 30.2. The first-order chi connectivity index (χ1) is 17.0. The summed E-state index contributed by atoms with van der Waals surface area (Å²) < 4.78 is 0. The second-order valence-electron chi connectivity index (χ2n) is 9.87. The maximum atomic E-state index is 2.20. The molecule has 0 fully saturated rings. The molecule has 4 aromatic rings. The van der Waals surface area contributed by atoms with Crippen molar-refractivity contribution < 1.29 is 0 Å². The van der Waals surface area contributed by atoms with Crippen LogP contribution in [0.1, 0.15) is 69.5 Å². The van der Waals surface area contributed by atoms with Gasteiger partial charge < -0.3 is 0 Å². The van der Waals surface area contributed by atoms with Gasteiger partial charge in [-0.05, 0) is 96.0 Å². The average Bonchev–Trinajstić information content (AvgIpc) is 2.83. The molecule has 0 radical (unpaired) electrons. The van der Waals surface area contributed by atoms with E-state index in [4.69, 9.17) is 0 Å². The molecule has 0 spiro atoms. The Hall–Kier alpha value is -3.12. The van der Waals surface area contributed by atoms with Gasteiger partial charge in [0.1, 0.15) is 0 Å². The Morgan fingerprint density at radius 3 is 1.28 bits per heavy atom. The van der Waals surface area contributed by atoms with Crippen molar-refractivity contribution >= 4 is 0 Å². The van der Waals surface area contributed by atoms with Crippen molar-refractivity contribution in [2.24, 2.45) is 0 Å². The molecule has 0 atom stereocenters. The third-order valence-electron chi connectivity index (χ3n) is 6.20. The quantitative estimate of drug-likeness (QED) is 0.268. The molecule has 0 N–H and O–H groups in total. The van der Waals surface area contributed by atoms with E-state index in [2.05, 4.69) is 154 Å². The minimum Gasteiger partial charge on any atom is -0.0620 e. The van der Waals surface area contributed by atoms with Crippen LogP contribution < -0.4 is 0 Å². The highest BCUT2D eigenvalue weighted by atomic mass is 14.0. The Labute approximate surface area is 222 Å². The Kier molecular flexibility index (Phi) is 14.2. The van der Waals surface area contributed by atoms with E-state index in [1.807, 2.05) is 0 Å². The topological polar surface area (TPSA) is 0 Å². The van der Waals surface area contributed by atoms with E-state index in [0.29, 0.717) is 0 Å². The van der Waals surface area contributed by atoms with Gasteiger partial charge in [0.15, 0.2) is 0 Å². The fraction of sp³-hybridized carbons (Fsp3) is 0.333. The van der Waals surface area contributed by atoms with Crippen molar-refractivity contribution in [2.45, 2.75) is 82.1 Å². The van der Waals surface area contributed by atoms with Crippen molar-refractivity contribution in [1.29, 1.82) is 0 Å². The predicted molar refractivity (Wildman–Crippen MR) is 162 cm³/mol. The molecule has 192 valence electrons. The summed E-state index contributed by atoms with van der Waals surface area (Å²) in [4.78, 5) is 0. The van der Waals surface area contributed by atoms with E-state index in [0.717, 1.165) is 12.8 Å². The van der Waals surface area contributed by atoms with Gasteiger partial charge in [0.25, 0.3) is 0 Å². The van der Waals surface area contributed by atoms with Gasteiger partial charge in [0.05, 0.1) is 0 Å². The molecule has 0 aromatic heterocycles. The molecule has 0 saturated heterocycles. The van der Waals surface area contributed by atoms with Gasteiger partial charge in [-0.2, -0.15) is 0 Å². The van der Waals surface area contributed by atoms with Gasteiger partial charge in [-0.1, -0.05) is 127 Å².